The molecule has 15 heavy (non-hydrogen) atoms. The first-order valence-corrected chi connectivity index (χ1v) is 5.72. The van der Waals surface area contributed by atoms with Crippen LogP contribution in [0.25, 0.3) is 0 Å². The van der Waals surface area contributed by atoms with Gasteiger partial charge in [0.15, 0.2) is 0 Å². The van der Waals surface area contributed by atoms with Gasteiger partial charge in [-0.15, -0.1) is 0 Å². The summed E-state index contributed by atoms with van der Waals surface area (Å²) in [6.07, 6.45) is -5.17. The van der Waals surface area contributed by atoms with E-state index in [9.17, 15) is 18.0 Å². The molecule has 0 atom stereocenters. The summed E-state index contributed by atoms with van der Waals surface area (Å²) >= 11 is 3.21. The Kier molecular flexibility index (Phi) is 5.62. The van der Waals surface area contributed by atoms with Crippen LogP contribution in [-0.2, 0) is 4.79 Å². The summed E-state index contributed by atoms with van der Waals surface area (Å²) in [7, 11) is 0. The Morgan fingerprint density at radius 1 is 1.27 bits per heavy atom. The zero-order chi connectivity index (χ0) is 12.1. The fraction of sp³-hybridized carbons (Fsp3) is 0.889. The smallest absolute Gasteiger partial charge is 0.351 e. The summed E-state index contributed by atoms with van der Waals surface area (Å²) in [5, 5.41) is 3.25. The predicted octanol–water partition coefficient (Wildman–Crippen LogP) is 3.01. The van der Waals surface area contributed by atoms with E-state index >= 15 is 0 Å². The number of hydrogen-bond acceptors (Lipinski definition) is 1. The maximum atomic E-state index is 11.8. The number of alkyl halides is 4. The van der Waals surface area contributed by atoms with Crippen LogP contribution in [-0.4, -0.2) is 23.0 Å². The first-order valence-electron chi connectivity index (χ1n) is 4.60. The van der Waals surface area contributed by atoms with Crippen molar-refractivity contribution in [3.05, 3.63) is 0 Å². The molecule has 0 radical (unpaired) electrons. The van der Waals surface area contributed by atoms with Crippen LogP contribution in [0.4, 0.5) is 13.2 Å². The number of carbonyl (C=O) groups is 1. The molecular formula is C9H15BrF3NO. The minimum atomic E-state index is -4.27. The average Bonchev–Trinajstić information content (AvgIpc) is 1.98. The van der Waals surface area contributed by atoms with E-state index in [1.165, 1.54) is 0 Å². The normalized spacial score (nSPS) is 12.7. The highest BCUT2D eigenvalue weighted by Gasteiger charge is 2.29. The fourth-order valence-corrected chi connectivity index (χ4v) is 1.99. The molecule has 1 N–H and O–H groups in total. The van der Waals surface area contributed by atoms with Gasteiger partial charge >= 0.3 is 6.18 Å². The number of halogens is 4. The molecular weight excluding hydrogens is 275 g/mol. The van der Waals surface area contributed by atoms with E-state index in [0.717, 1.165) is 0 Å². The second-order valence-corrected chi connectivity index (χ2v) is 4.78. The van der Waals surface area contributed by atoms with Crippen molar-refractivity contribution in [2.75, 3.05) is 5.33 Å². The minimum Gasteiger partial charge on any atom is -0.351 e. The quantitative estimate of drug-likeness (QED) is 0.775. The molecule has 0 aromatic heterocycles. The third kappa shape index (κ3) is 8.72. The van der Waals surface area contributed by atoms with Crippen molar-refractivity contribution in [2.24, 2.45) is 0 Å². The van der Waals surface area contributed by atoms with Crippen LogP contribution < -0.4 is 5.32 Å². The van der Waals surface area contributed by atoms with Gasteiger partial charge in [-0.25, -0.2) is 0 Å². The van der Waals surface area contributed by atoms with Crippen LogP contribution in [0.5, 0.6) is 0 Å². The Hall–Kier alpha value is -0.260. The third-order valence-corrected chi connectivity index (χ3v) is 2.23. The van der Waals surface area contributed by atoms with E-state index in [0.29, 0.717) is 11.8 Å². The molecule has 0 aliphatic heterocycles. The topological polar surface area (TPSA) is 29.1 Å². The Bertz CT molecular complexity index is 216. The zero-order valence-corrected chi connectivity index (χ0v) is 10.3. The molecule has 1 amide bonds. The molecule has 0 aromatic carbocycles. The third-order valence-electron chi connectivity index (χ3n) is 1.83. The predicted molar refractivity (Wildman–Crippen MR) is 55.9 cm³/mol. The van der Waals surface area contributed by atoms with Crippen molar-refractivity contribution in [3.8, 4) is 0 Å². The van der Waals surface area contributed by atoms with Crippen LogP contribution in [0, 0.1) is 0 Å². The standard InChI is InChI=1S/C9H15BrF3NO/c1-8(2,5-6-10)14-7(15)3-4-9(11,12)13/h3-6H2,1-2H3,(H,14,15). The molecule has 0 unspecified atom stereocenters. The number of amides is 1. The first kappa shape index (κ1) is 14.7. The SMILES string of the molecule is CC(C)(CCBr)NC(=O)CCC(F)(F)F. The monoisotopic (exact) mass is 289 g/mol. The maximum Gasteiger partial charge on any atom is 0.389 e. The molecule has 6 heteroatoms. The van der Waals surface area contributed by atoms with E-state index in [2.05, 4.69) is 21.2 Å². The van der Waals surface area contributed by atoms with E-state index in [4.69, 9.17) is 0 Å². The molecule has 0 aromatic rings. The van der Waals surface area contributed by atoms with E-state index < -0.39 is 30.5 Å². The lowest BCUT2D eigenvalue weighted by Gasteiger charge is -2.25. The number of carbonyl (C=O) groups excluding carboxylic acids is 1. The van der Waals surface area contributed by atoms with Crippen molar-refractivity contribution >= 4 is 21.8 Å². The highest BCUT2D eigenvalue weighted by molar-refractivity contribution is 9.09. The Morgan fingerprint density at radius 3 is 2.20 bits per heavy atom. The molecule has 0 rings (SSSR count). The molecule has 0 saturated heterocycles. The van der Waals surface area contributed by atoms with Crippen molar-refractivity contribution in [1.29, 1.82) is 0 Å². The second-order valence-electron chi connectivity index (χ2n) is 3.99. The van der Waals surface area contributed by atoms with Gasteiger partial charge in [-0.1, -0.05) is 15.9 Å². The van der Waals surface area contributed by atoms with Crippen molar-refractivity contribution in [1.82, 2.24) is 5.32 Å². The molecule has 0 fully saturated rings. The van der Waals surface area contributed by atoms with Gasteiger partial charge in [-0.05, 0) is 20.3 Å². The Morgan fingerprint density at radius 2 is 1.80 bits per heavy atom. The Balaban J connectivity index is 3.93. The van der Waals surface area contributed by atoms with Gasteiger partial charge < -0.3 is 5.32 Å². The van der Waals surface area contributed by atoms with Crippen LogP contribution >= 0.6 is 15.9 Å². The van der Waals surface area contributed by atoms with Gasteiger partial charge in [0, 0.05) is 17.3 Å². The summed E-state index contributed by atoms with van der Waals surface area (Å²) in [5.41, 5.74) is -0.466. The lowest BCUT2D eigenvalue weighted by molar-refractivity contribution is -0.144. The van der Waals surface area contributed by atoms with E-state index in [1.807, 2.05) is 0 Å². The van der Waals surface area contributed by atoms with Gasteiger partial charge in [0.25, 0.3) is 0 Å². The fourth-order valence-electron chi connectivity index (χ4n) is 0.994. The van der Waals surface area contributed by atoms with Gasteiger partial charge in [-0.2, -0.15) is 13.2 Å². The van der Waals surface area contributed by atoms with Crippen LogP contribution in [0.3, 0.4) is 0 Å². The van der Waals surface area contributed by atoms with Crippen LogP contribution in [0.1, 0.15) is 33.1 Å². The molecule has 0 heterocycles. The number of hydrogen-bond donors (Lipinski definition) is 1. The summed E-state index contributed by atoms with van der Waals surface area (Å²) in [4.78, 5) is 11.2. The number of rotatable bonds is 5. The summed E-state index contributed by atoms with van der Waals surface area (Å²) in [5.74, 6) is -0.557. The molecule has 90 valence electrons. The lowest BCUT2D eigenvalue weighted by Crippen LogP contribution is -2.43. The average molecular weight is 290 g/mol. The largest absolute Gasteiger partial charge is 0.389 e. The lowest BCUT2D eigenvalue weighted by atomic mass is 10.0. The van der Waals surface area contributed by atoms with E-state index in [-0.39, 0.29) is 0 Å². The molecule has 0 bridgehead atoms. The molecule has 0 spiro atoms. The second kappa shape index (κ2) is 5.72. The zero-order valence-electron chi connectivity index (χ0n) is 8.75. The van der Waals surface area contributed by atoms with Crippen molar-refractivity contribution < 1.29 is 18.0 Å². The summed E-state index contributed by atoms with van der Waals surface area (Å²) in [6.45, 7) is 3.56. The molecule has 2 nitrogen and oxygen atoms in total. The van der Waals surface area contributed by atoms with Crippen LogP contribution in [0.2, 0.25) is 0 Å². The van der Waals surface area contributed by atoms with Crippen LogP contribution in [0.15, 0.2) is 0 Å². The highest BCUT2D eigenvalue weighted by atomic mass is 79.9. The van der Waals surface area contributed by atoms with Gasteiger partial charge in [0.1, 0.15) is 0 Å². The molecule has 0 aliphatic rings. The maximum absolute atomic E-state index is 11.8. The number of nitrogens with one attached hydrogen (secondary N) is 1. The Labute approximate surface area is 95.7 Å². The van der Waals surface area contributed by atoms with Gasteiger partial charge in [-0.3, -0.25) is 4.79 Å². The van der Waals surface area contributed by atoms with Gasteiger partial charge in [0.2, 0.25) is 5.91 Å². The highest BCUT2D eigenvalue weighted by Crippen LogP contribution is 2.21. The van der Waals surface area contributed by atoms with Gasteiger partial charge in [0.05, 0.1) is 6.42 Å². The van der Waals surface area contributed by atoms with Crippen molar-refractivity contribution in [2.45, 2.75) is 44.8 Å². The summed E-state index contributed by atoms with van der Waals surface area (Å²) in [6, 6.07) is 0. The van der Waals surface area contributed by atoms with E-state index in [1.54, 1.807) is 13.8 Å². The first-order chi connectivity index (χ1) is 6.66. The van der Waals surface area contributed by atoms with Crippen molar-refractivity contribution in [3.63, 3.8) is 0 Å². The molecule has 0 saturated carbocycles. The summed E-state index contributed by atoms with van der Waals surface area (Å²) < 4.78 is 35.4. The molecule has 0 aliphatic carbocycles. The minimum absolute atomic E-state index is 0.466.